The van der Waals surface area contributed by atoms with Crippen LogP contribution in [0.25, 0.3) is 116 Å². The minimum atomic E-state index is 1.15. The molecule has 0 aliphatic rings. The molecule has 3 heteroatoms. The molecule has 0 spiro atoms. The second-order valence-electron chi connectivity index (χ2n) is 16.1. The lowest BCUT2D eigenvalue weighted by molar-refractivity contribution is 1.17. The number of hydrogen-bond acceptors (Lipinski definition) is 0. The summed E-state index contributed by atoms with van der Waals surface area (Å²) >= 11 is 0. The smallest absolute Gasteiger partial charge is 0.0548 e. The van der Waals surface area contributed by atoms with E-state index in [0.717, 1.165) is 17.1 Å². The van der Waals surface area contributed by atoms with Crippen molar-refractivity contribution in [2.45, 2.75) is 0 Å². The van der Waals surface area contributed by atoms with Crippen molar-refractivity contribution < 1.29 is 0 Å². The van der Waals surface area contributed by atoms with Crippen molar-refractivity contribution in [3.63, 3.8) is 0 Å². The average Bonchev–Trinajstić information content (AvgIpc) is 3.97. The second-order valence-corrected chi connectivity index (χ2v) is 16.1. The molecule has 61 heavy (non-hydrogen) atoms. The van der Waals surface area contributed by atoms with Crippen LogP contribution in [-0.2, 0) is 0 Å². The van der Waals surface area contributed by atoms with Gasteiger partial charge in [0.05, 0.1) is 33.1 Å². The van der Waals surface area contributed by atoms with Crippen LogP contribution in [0.3, 0.4) is 0 Å². The summed E-state index contributed by atoms with van der Waals surface area (Å²) in [6.07, 6.45) is 0. The summed E-state index contributed by atoms with van der Waals surface area (Å²) in [6, 6.07) is 82.2. The molecule has 0 unspecified atom stereocenters. The summed E-state index contributed by atoms with van der Waals surface area (Å²) in [4.78, 5) is 0. The molecule has 0 amide bonds. The fraction of sp³-hybridized carbons (Fsp3) is 0. The summed E-state index contributed by atoms with van der Waals surface area (Å²) in [6.45, 7) is 0. The Kier molecular flexibility index (Phi) is 7.31. The molecule has 13 rings (SSSR count). The van der Waals surface area contributed by atoms with Crippen LogP contribution in [0.5, 0.6) is 0 Å². The third-order valence-corrected chi connectivity index (χ3v) is 12.8. The largest absolute Gasteiger partial charge is 0.309 e. The van der Waals surface area contributed by atoms with Gasteiger partial charge in [-0.05, 0) is 118 Å². The monoisotopic (exact) mass is 775 g/mol. The SMILES string of the molecule is c1ccc(-c2ccc(-n3c4ccccc4c4cc(-c5ccc6c(c5)c5c7c8ccccc8n(-c8ccccc8)c7ccc5n6-c5ccc6ccccc6c5)ccc43)cc2)cc1. The standard InChI is InChI=1S/C58H37N3/c1-3-13-38(14-4-1)40-23-28-45(29-24-40)59-51-21-11-9-19-47(51)49-36-42(26-31-53(49)59)43-27-32-54-50(37-43)58-56(61(54)46-30-25-39-15-7-8-16-41(39)35-46)34-33-55-57(58)48-20-10-12-22-52(48)60(55)44-17-5-2-6-18-44/h1-37H. The van der Waals surface area contributed by atoms with Crippen molar-refractivity contribution >= 4 is 76.2 Å². The van der Waals surface area contributed by atoms with Gasteiger partial charge in [0.15, 0.2) is 0 Å². The number of rotatable bonds is 5. The van der Waals surface area contributed by atoms with Gasteiger partial charge in [-0.25, -0.2) is 0 Å². The van der Waals surface area contributed by atoms with Gasteiger partial charge in [-0.3, -0.25) is 0 Å². The fourth-order valence-corrected chi connectivity index (χ4v) is 10.1. The first kappa shape index (κ1) is 33.8. The van der Waals surface area contributed by atoms with Gasteiger partial charge < -0.3 is 13.7 Å². The summed E-state index contributed by atoms with van der Waals surface area (Å²) in [5, 5.41) is 9.99. The van der Waals surface area contributed by atoms with Crippen molar-refractivity contribution in [3.8, 4) is 39.3 Å². The van der Waals surface area contributed by atoms with Gasteiger partial charge in [-0.1, -0.05) is 140 Å². The maximum absolute atomic E-state index is 2.47. The highest BCUT2D eigenvalue weighted by Crippen LogP contribution is 2.44. The van der Waals surface area contributed by atoms with Crippen LogP contribution in [0.15, 0.2) is 224 Å². The van der Waals surface area contributed by atoms with E-state index in [9.17, 15) is 0 Å². The van der Waals surface area contributed by atoms with E-state index < -0.39 is 0 Å². The van der Waals surface area contributed by atoms with Gasteiger partial charge in [-0.2, -0.15) is 0 Å². The summed E-state index contributed by atoms with van der Waals surface area (Å²) in [5.74, 6) is 0. The molecule has 0 radical (unpaired) electrons. The first-order valence-electron chi connectivity index (χ1n) is 21.0. The number of benzene rings is 10. The van der Waals surface area contributed by atoms with E-state index in [0.29, 0.717) is 0 Å². The molecule has 284 valence electrons. The topological polar surface area (TPSA) is 14.8 Å². The van der Waals surface area contributed by atoms with E-state index >= 15 is 0 Å². The molecule has 0 N–H and O–H groups in total. The zero-order chi connectivity index (χ0) is 40.0. The molecule has 0 bridgehead atoms. The molecule has 10 aromatic carbocycles. The quantitative estimate of drug-likeness (QED) is 0.165. The van der Waals surface area contributed by atoms with Crippen LogP contribution >= 0.6 is 0 Å². The Labute approximate surface area is 352 Å². The van der Waals surface area contributed by atoms with Crippen LogP contribution in [0.1, 0.15) is 0 Å². The summed E-state index contributed by atoms with van der Waals surface area (Å²) in [5.41, 5.74) is 15.5. The Morgan fingerprint density at radius 3 is 1.39 bits per heavy atom. The molecule has 3 heterocycles. The van der Waals surface area contributed by atoms with E-state index in [1.807, 2.05) is 0 Å². The summed E-state index contributed by atoms with van der Waals surface area (Å²) < 4.78 is 7.30. The molecule has 0 saturated carbocycles. The predicted molar refractivity (Wildman–Crippen MR) is 258 cm³/mol. The van der Waals surface area contributed by atoms with Crippen LogP contribution < -0.4 is 0 Å². The maximum atomic E-state index is 2.47. The van der Waals surface area contributed by atoms with Crippen molar-refractivity contribution in [2.75, 3.05) is 0 Å². The third kappa shape index (κ3) is 5.11. The van der Waals surface area contributed by atoms with E-state index in [1.165, 1.54) is 98.4 Å². The fourth-order valence-electron chi connectivity index (χ4n) is 10.1. The molecule has 0 aliphatic heterocycles. The van der Waals surface area contributed by atoms with Crippen molar-refractivity contribution in [1.29, 1.82) is 0 Å². The van der Waals surface area contributed by atoms with Crippen LogP contribution in [0.4, 0.5) is 0 Å². The number of para-hydroxylation sites is 3. The molecule has 0 saturated heterocycles. The highest BCUT2D eigenvalue weighted by Gasteiger charge is 2.22. The van der Waals surface area contributed by atoms with Gasteiger partial charge in [0.1, 0.15) is 0 Å². The Hall–Kier alpha value is -8.14. The van der Waals surface area contributed by atoms with Gasteiger partial charge in [0.25, 0.3) is 0 Å². The van der Waals surface area contributed by atoms with Crippen molar-refractivity contribution in [1.82, 2.24) is 13.7 Å². The molecule has 13 aromatic rings. The van der Waals surface area contributed by atoms with Crippen molar-refractivity contribution in [3.05, 3.63) is 224 Å². The van der Waals surface area contributed by atoms with Crippen LogP contribution in [0, 0.1) is 0 Å². The molecule has 0 atom stereocenters. The Balaban J connectivity index is 1.05. The van der Waals surface area contributed by atoms with E-state index in [-0.39, 0.29) is 0 Å². The van der Waals surface area contributed by atoms with Gasteiger partial charge in [-0.15, -0.1) is 0 Å². The molecule has 0 aliphatic carbocycles. The normalized spacial score (nSPS) is 11.9. The maximum Gasteiger partial charge on any atom is 0.0548 e. The van der Waals surface area contributed by atoms with E-state index in [2.05, 4.69) is 238 Å². The number of nitrogens with zero attached hydrogens (tertiary/aromatic N) is 3. The summed E-state index contributed by atoms with van der Waals surface area (Å²) in [7, 11) is 0. The average molecular weight is 776 g/mol. The molecule has 0 fully saturated rings. The van der Waals surface area contributed by atoms with Gasteiger partial charge in [0, 0.05) is 49.4 Å². The van der Waals surface area contributed by atoms with Gasteiger partial charge in [0.2, 0.25) is 0 Å². The Morgan fingerprint density at radius 2 is 0.656 bits per heavy atom. The van der Waals surface area contributed by atoms with Gasteiger partial charge >= 0.3 is 0 Å². The Bertz CT molecular complexity index is 3850. The number of fused-ring (bicyclic) bond motifs is 11. The molecular formula is C58H37N3. The zero-order valence-electron chi connectivity index (χ0n) is 33.2. The molecular weight excluding hydrogens is 739 g/mol. The van der Waals surface area contributed by atoms with Crippen molar-refractivity contribution in [2.24, 2.45) is 0 Å². The highest BCUT2D eigenvalue weighted by atomic mass is 15.0. The minimum Gasteiger partial charge on any atom is -0.309 e. The zero-order valence-corrected chi connectivity index (χ0v) is 33.2. The first-order chi connectivity index (χ1) is 30.3. The lowest BCUT2D eigenvalue weighted by Crippen LogP contribution is -1.95. The van der Waals surface area contributed by atoms with E-state index in [1.54, 1.807) is 0 Å². The number of aromatic nitrogens is 3. The lowest BCUT2D eigenvalue weighted by Gasteiger charge is -2.11. The Morgan fingerprint density at radius 1 is 0.213 bits per heavy atom. The second kappa shape index (κ2) is 13.2. The van der Waals surface area contributed by atoms with Crippen LogP contribution in [-0.4, -0.2) is 13.7 Å². The first-order valence-corrected chi connectivity index (χ1v) is 21.0. The predicted octanol–water partition coefficient (Wildman–Crippen LogP) is 15.5. The third-order valence-electron chi connectivity index (χ3n) is 12.8. The highest BCUT2D eigenvalue weighted by molar-refractivity contribution is 6.29. The van der Waals surface area contributed by atoms with E-state index in [4.69, 9.17) is 0 Å². The molecule has 3 nitrogen and oxygen atoms in total. The number of hydrogen-bond donors (Lipinski definition) is 0. The van der Waals surface area contributed by atoms with Crippen LogP contribution in [0.2, 0.25) is 0 Å². The minimum absolute atomic E-state index is 1.15. The molecule has 3 aromatic heterocycles. The lowest BCUT2D eigenvalue weighted by atomic mass is 9.99.